The minimum absolute atomic E-state index is 0.0698. The van der Waals surface area contributed by atoms with Crippen molar-refractivity contribution in [3.05, 3.63) is 83.4 Å². The van der Waals surface area contributed by atoms with Crippen molar-refractivity contribution >= 4 is 22.6 Å². The standard InChI is InChI=1S/C31H31F4N3O/c1-18-4-5-20(10-13-25(18)30(39)37-27-14-12-24(17-26(27)32)31(33,34)35)21-6-8-22(9-7-21)23-11-15-29-28(16-23)36-19(2)38(29)3/h6-9,11-12,14-18,20,25H,4-5,10,13H2,1-3H3,(H,37,39). The Balaban J connectivity index is 1.25. The number of aryl methyl sites for hydroxylation is 2. The predicted molar refractivity (Wildman–Crippen MR) is 145 cm³/mol. The zero-order valence-corrected chi connectivity index (χ0v) is 22.1. The van der Waals surface area contributed by atoms with Gasteiger partial charge < -0.3 is 9.88 Å². The molecule has 1 fully saturated rings. The van der Waals surface area contributed by atoms with Crippen LogP contribution in [0, 0.1) is 24.6 Å². The Bertz CT molecular complexity index is 1510. The first-order valence-electron chi connectivity index (χ1n) is 13.2. The number of halogens is 4. The first-order valence-corrected chi connectivity index (χ1v) is 13.2. The molecule has 39 heavy (non-hydrogen) atoms. The van der Waals surface area contributed by atoms with Crippen LogP contribution < -0.4 is 5.32 Å². The van der Waals surface area contributed by atoms with Crippen LogP contribution in [0.25, 0.3) is 22.2 Å². The van der Waals surface area contributed by atoms with Gasteiger partial charge in [0.2, 0.25) is 5.91 Å². The van der Waals surface area contributed by atoms with E-state index in [2.05, 4.69) is 57.3 Å². The SMILES string of the molecule is Cc1nc2cc(-c3ccc(C4CCC(C)C(C(=O)Nc5ccc(C(F)(F)F)cc5F)CC4)cc3)ccc2n1C. The number of anilines is 1. The number of nitrogens with zero attached hydrogens (tertiary/aromatic N) is 2. The number of hydrogen-bond donors (Lipinski definition) is 1. The summed E-state index contributed by atoms with van der Waals surface area (Å²) in [6.45, 7) is 4.00. The number of rotatable bonds is 4. The zero-order valence-electron chi connectivity index (χ0n) is 22.1. The maximum atomic E-state index is 14.3. The number of nitrogens with one attached hydrogen (secondary N) is 1. The Labute approximate surface area is 225 Å². The van der Waals surface area contributed by atoms with Crippen LogP contribution in [-0.4, -0.2) is 15.5 Å². The van der Waals surface area contributed by atoms with Gasteiger partial charge in [-0.1, -0.05) is 37.3 Å². The molecule has 5 rings (SSSR count). The van der Waals surface area contributed by atoms with Gasteiger partial charge in [0.25, 0.3) is 0 Å². The third-order valence-corrected chi connectivity index (χ3v) is 8.19. The highest BCUT2D eigenvalue weighted by Crippen LogP contribution is 2.39. The number of imidazole rings is 1. The number of benzene rings is 3. The van der Waals surface area contributed by atoms with Gasteiger partial charge in [-0.25, -0.2) is 9.37 Å². The molecule has 1 saturated carbocycles. The molecule has 204 valence electrons. The summed E-state index contributed by atoms with van der Waals surface area (Å²) < 4.78 is 54.9. The maximum absolute atomic E-state index is 14.3. The summed E-state index contributed by atoms with van der Waals surface area (Å²) in [5, 5.41) is 2.53. The number of hydrogen-bond acceptors (Lipinski definition) is 2. The van der Waals surface area contributed by atoms with Gasteiger partial charge in [0.05, 0.1) is 22.3 Å². The van der Waals surface area contributed by atoms with E-state index in [0.29, 0.717) is 18.4 Å². The number of fused-ring (bicyclic) bond motifs is 1. The van der Waals surface area contributed by atoms with Crippen molar-refractivity contribution in [1.29, 1.82) is 0 Å². The van der Waals surface area contributed by atoms with Gasteiger partial charge in [-0.15, -0.1) is 0 Å². The summed E-state index contributed by atoms with van der Waals surface area (Å²) in [6.07, 6.45) is -1.46. The van der Waals surface area contributed by atoms with Crippen LogP contribution >= 0.6 is 0 Å². The molecule has 3 unspecified atom stereocenters. The summed E-state index contributed by atoms with van der Waals surface area (Å²) in [4.78, 5) is 17.7. The molecular formula is C31H31F4N3O. The summed E-state index contributed by atoms with van der Waals surface area (Å²) >= 11 is 0. The summed E-state index contributed by atoms with van der Waals surface area (Å²) in [7, 11) is 2.01. The molecule has 1 aliphatic rings. The minimum Gasteiger partial charge on any atom is -0.331 e. The average Bonchev–Trinajstić information content (AvgIpc) is 3.05. The van der Waals surface area contributed by atoms with Gasteiger partial charge in [0.1, 0.15) is 11.6 Å². The molecule has 0 bridgehead atoms. The van der Waals surface area contributed by atoms with E-state index in [-0.39, 0.29) is 23.4 Å². The molecule has 0 radical (unpaired) electrons. The second-order valence-corrected chi connectivity index (χ2v) is 10.7. The Kier molecular flexibility index (Phi) is 7.23. The average molecular weight is 538 g/mol. The fourth-order valence-electron chi connectivity index (χ4n) is 5.66. The maximum Gasteiger partial charge on any atom is 0.416 e. The van der Waals surface area contributed by atoms with Gasteiger partial charge in [-0.05, 0) is 91.5 Å². The molecule has 1 N–H and O–H groups in total. The van der Waals surface area contributed by atoms with E-state index in [1.54, 1.807) is 0 Å². The van der Waals surface area contributed by atoms with Crippen molar-refractivity contribution in [2.45, 2.75) is 51.6 Å². The fourth-order valence-corrected chi connectivity index (χ4v) is 5.66. The normalized spacial score (nSPS) is 20.1. The number of amides is 1. The number of carbonyl (C=O) groups excluding carboxylic acids is 1. The van der Waals surface area contributed by atoms with Crippen molar-refractivity contribution in [1.82, 2.24) is 9.55 Å². The Hall–Kier alpha value is -3.68. The molecule has 0 aliphatic heterocycles. The lowest BCUT2D eigenvalue weighted by Gasteiger charge is -2.21. The lowest BCUT2D eigenvalue weighted by atomic mass is 9.88. The second-order valence-electron chi connectivity index (χ2n) is 10.7. The summed E-state index contributed by atoms with van der Waals surface area (Å²) in [5.41, 5.74) is 4.19. The minimum atomic E-state index is -4.64. The number of alkyl halides is 3. The van der Waals surface area contributed by atoms with Crippen LogP contribution in [0.5, 0.6) is 0 Å². The van der Waals surface area contributed by atoms with E-state index in [1.165, 1.54) is 5.56 Å². The van der Waals surface area contributed by atoms with E-state index in [0.717, 1.165) is 59.4 Å². The molecule has 1 amide bonds. The topological polar surface area (TPSA) is 46.9 Å². The van der Waals surface area contributed by atoms with Crippen molar-refractivity contribution < 1.29 is 22.4 Å². The molecule has 3 aromatic carbocycles. The largest absolute Gasteiger partial charge is 0.416 e. The van der Waals surface area contributed by atoms with Gasteiger partial charge in [0, 0.05) is 13.0 Å². The highest BCUT2D eigenvalue weighted by atomic mass is 19.4. The highest BCUT2D eigenvalue weighted by Gasteiger charge is 2.33. The summed E-state index contributed by atoms with van der Waals surface area (Å²) in [6, 6.07) is 17.0. The Morgan fingerprint density at radius 1 is 0.949 bits per heavy atom. The van der Waals surface area contributed by atoms with E-state index in [4.69, 9.17) is 0 Å². The third kappa shape index (κ3) is 5.56. The molecule has 1 aromatic heterocycles. The Morgan fingerprint density at radius 3 is 2.33 bits per heavy atom. The van der Waals surface area contributed by atoms with E-state index in [1.807, 2.05) is 20.9 Å². The van der Waals surface area contributed by atoms with Gasteiger partial charge in [-0.3, -0.25) is 4.79 Å². The van der Waals surface area contributed by atoms with Crippen LogP contribution in [0.3, 0.4) is 0 Å². The zero-order chi connectivity index (χ0) is 27.9. The Morgan fingerprint density at radius 2 is 1.64 bits per heavy atom. The molecule has 0 spiro atoms. The van der Waals surface area contributed by atoms with Crippen LogP contribution in [0.1, 0.15) is 55.5 Å². The first kappa shape index (κ1) is 26.9. The number of carbonyl (C=O) groups is 1. The molecule has 4 aromatic rings. The predicted octanol–water partition coefficient (Wildman–Crippen LogP) is 8.26. The fraction of sp³-hybridized carbons (Fsp3) is 0.355. The van der Waals surface area contributed by atoms with E-state index >= 15 is 0 Å². The molecule has 0 saturated heterocycles. The van der Waals surface area contributed by atoms with E-state index < -0.39 is 17.6 Å². The third-order valence-electron chi connectivity index (χ3n) is 8.19. The van der Waals surface area contributed by atoms with Gasteiger partial charge >= 0.3 is 6.18 Å². The van der Waals surface area contributed by atoms with Gasteiger partial charge in [0.15, 0.2) is 0 Å². The summed E-state index contributed by atoms with van der Waals surface area (Å²) in [5.74, 6) is -0.448. The molecule has 4 nitrogen and oxygen atoms in total. The smallest absolute Gasteiger partial charge is 0.331 e. The lowest BCUT2D eigenvalue weighted by molar-refractivity contribution is -0.137. The molecule has 8 heteroatoms. The lowest BCUT2D eigenvalue weighted by Crippen LogP contribution is -2.28. The van der Waals surface area contributed by atoms with Gasteiger partial charge in [-0.2, -0.15) is 13.2 Å². The molecule has 1 heterocycles. The quantitative estimate of drug-likeness (QED) is 0.210. The van der Waals surface area contributed by atoms with Crippen LogP contribution in [-0.2, 0) is 18.0 Å². The van der Waals surface area contributed by atoms with Crippen molar-refractivity contribution in [2.75, 3.05) is 5.32 Å². The second kappa shape index (κ2) is 10.5. The first-order chi connectivity index (χ1) is 18.5. The van der Waals surface area contributed by atoms with E-state index in [9.17, 15) is 22.4 Å². The van der Waals surface area contributed by atoms with Crippen molar-refractivity contribution in [2.24, 2.45) is 18.9 Å². The van der Waals surface area contributed by atoms with Crippen LogP contribution in [0.15, 0.2) is 60.7 Å². The molecule has 1 aliphatic carbocycles. The monoisotopic (exact) mass is 537 g/mol. The number of aromatic nitrogens is 2. The van der Waals surface area contributed by atoms with Crippen molar-refractivity contribution in [3.8, 4) is 11.1 Å². The molecule has 3 atom stereocenters. The van der Waals surface area contributed by atoms with Crippen molar-refractivity contribution in [3.63, 3.8) is 0 Å². The van der Waals surface area contributed by atoms with Crippen LogP contribution in [0.4, 0.5) is 23.2 Å². The molecular weight excluding hydrogens is 506 g/mol. The van der Waals surface area contributed by atoms with Crippen LogP contribution in [0.2, 0.25) is 0 Å². The highest BCUT2D eigenvalue weighted by molar-refractivity contribution is 5.93.